The zero-order valence-electron chi connectivity index (χ0n) is 13.5. The smallest absolute Gasteiger partial charge is 0.273 e. The number of rotatable bonds is 3. The average molecular weight is 341 g/mol. The third-order valence-corrected chi connectivity index (χ3v) is 5.21. The van der Waals surface area contributed by atoms with Crippen molar-refractivity contribution in [1.82, 2.24) is 19.3 Å². The Hall–Kier alpha value is -2.41. The van der Waals surface area contributed by atoms with E-state index in [2.05, 4.69) is 27.0 Å². The van der Waals surface area contributed by atoms with Gasteiger partial charge >= 0.3 is 0 Å². The lowest BCUT2D eigenvalue weighted by Gasteiger charge is -2.31. The van der Waals surface area contributed by atoms with E-state index in [1.54, 1.807) is 5.51 Å². The first-order chi connectivity index (χ1) is 11.8. The standard InChI is InChI=1S/C17H19N5OS/c1-18-16-15-3-2-6-22(15)9-13(20-16)12-4-7-21(8-5-12)17(23)14-10-24-11-19-14/h2-3,6,9-12H,4-5,7-8H2,1H3,(H,18,20). The van der Waals surface area contributed by atoms with Crippen molar-refractivity contribution in [1.29, 1.82) is 0 Å². The quantitative estimate of drug-likeness (QED) is 0.796. The molecule has 1 N–H and O–H groups in total. The van der Waals surface area contributed by atoms with E-state index in [9.17, 15) is 4.79 Å². The molecule has 0 aliphatic carbocycles. The molecule has 1 aliphatic heterocycles. The number of fused-ring (bicyclic) bond motifs is 1. The van der Waals surface area contributed by atoms with Crippen LogP contribution in [-0.4, -0.2) is 45.3 Å². The van der Waals surface area contributed by atoms with Crippen LogP contribution in [0.5, 0.6) is 0 Å². The summed E-state index contributed by atoms with van der Waals surface area (Å²) in [6.45, 7) is 1.50. The van der Waals surface area contributed by atoms with Crippen molar-refractivity contribution >= 4 is 28.6 Å². The minimum Gasteiger partial charge on any atom is -0.371 e. The Morgan fingerprint density at radius 2 is 2.21 bits per heavy atom. The van der Waals surface area contributed by atoms with Crippen LogP contribution in [-0.2, 0) is 0 Å². The van der Waals surface area contributed by atoms with Crippen LogP contribution < -0.4 is 5.32 Å². The predicted molar refractivity (Wildman–Crippen MR) is 94.7 cm³/mol. The van der Waals surface area contributed by atoms with Crippen molar-refractivity contribution < 1.29 is 4.79 Å². The van der Waals surface area contributed by atoms with Gasteiger partial charge in [-0.05, 0) is 25.0 Å². The maximum absolute atomic E-state index is 12.4. The van der Waals surface area contributed by atoms with E-state index in [0.29, 0.717) is 11.6 Å². The zero-order valence-corrected chi connectivity index (χ0v) is 14.3. The summed E-state index contributed by atoms with van der Waals surface area (Å²) in [6.07, 6.45) is 6.01. The maximum atomic E-state index is 12.4. The molecular weight excluding hydrogens is 322 g/mol. The lowest BCUT2D eigenvalue weighted by atomic mass is 9.93. The molecule has 3 aromatic heterocycles. The number of carbonyl (C=O) groups is 1. The van der Waals surface area contributed by atoms with Crippen molar-refractivity contribution in [3.05, 3.63) is 46.8 Å². The number of anilines is 1. The maximum Gasteiger partial charge on any atom is 0.273 e. The highest BCUT2D eigenvalue weighted by Crippen LogP contribution is 2.29. The molecule has 0 saturated carbocycles. The molecule has 3 aromatic rings. The predicted octanol–water partition coefficient (Wildman–Crippen LogP) is 2.85. The lowest BCUT2D eigenvalue weighted by Crippen LogP contribution is -2.38. The first kappa shape index (κ1) is 15.1. The number of nitrogens with one attached hydrogen (secondary N) is 1. The molecule has 0 atom stereocenters. The van der Waals surface area contributed by atoms with Gasteiger partial charge in [-0.2, -0.15) is 0 Å². The van der Waals surface area contributed by atoms with Crippen LogP contribution in [0.15, 0.2) is 35.4 Å². The molecule has 0 radical (unpaired) electrons. The second-order valence-electron chi connectivity index (χ2n) is 6.01. The Balaban J connectivity index is 1.50. The number of aromatic nitrogens is 3. The van der Waals surface area contributed by atoms with Crippen molar-refractivity contribution in [2.75, 3.05) is 25.5 Å². The van der Waals surface area contributed by atoms with Crippen LogP contribution >= 0.6 is 11.3 Å². The SMILES string of the molecule is CNc1nc(C2CCN(C(=O)c3cscn3)CC2)cn2cccc12. The monoisotopic (exact) mass is 341 g/mol. The Bertz CT molecular complexity index is 849. The molecule has 0 unspecified atom stereocenters. The van der Waals surface area contributed by atoms with Gasteiger partial charge in [0.1, 0.15) is 11.5 Å². The van der Waals surface area contributed by atoms with Crippen molar-refractivity contribution in [2.45, 2.75) is 18.8 Å². The molecule has 4 heterocycles. The Morgan fingerprint density at radius 1 is 1.38 bits per heavy atom. The molecule has 0 bridgehead atoms. The molecular formula is C17H19N5OS. The largest absolute Gasteiger partial charge is 0.371 e. The second-order valence-corrected chi connectivity index (χ2v) is 6.72. The third-order valence-electron chi connectivity index (χ3n) is 4.62. The summed E-state index contributed by atoms with van der Waals surface area (Å²) in [5.74, 6) is 1.32. The van der Waals surface area contributed by atoms with E-state index >= 15 is 0 Å². The molecule has 6 nitrogen and oxygen atoms in total. The Morgan fingerprint density at radius 3 is 2.92 bits per heavy atom. The van der Waals surface area contributed by atoms with Gasteiger partial charge in [-0.3, -0.25) is 4.79 Å². The van der Waals surface area contributed by atoms with E-state index < -0.39 is 0 Å². The van der Waals surface area contributed by atoms with E-state index in [-0.39, 0.29) is 5.91 Å². The summed E-state index contributed by atoms with van der Waals surface area (Å²) < 4.78 is 2.11. The van der Waals surface area contributed by atoms with Gasteiger partial charge in [0, 0.05) is 43.8 Å². The van der Waals surface area contributed by atoms with Crippen molar-refractivity contribution in [3.63, 3.8) is 0 Å². The summed E-state index contributed by atoms with van der Waals surface area (Å²) in [4.78, 5) is 23.2. The molecule has 1 aliphatic rings. The van der Waals surface area contributed by atoms with E-state index in [0.717, 1.165) is 43.0 Å². The zero-order chi connectivity index (χ0) is 16.5. The summed E-state index contributed by atoms with van der Waals surface area (Å²) in [6, 6.07) is 4.08. The molecule has 24 heavy (non-hydrogen) atoms. The van der Waals surface area contributed by atoms with Crippen LogP contribution in [0.25, 0.3) is 5.52 Å². The lowest BCUT2D eigenvalue weighted by molar-refractivity contribution is 0.0707. The van der Waals surface area contributed by atoms with Gasteiger partial charge in [0.15, 0.2) is 0 Å². The third kappa shape index (κ3) is 2.65. The van der Waals surface area contributed by atoms with E-state index in [4.69, 9.17) is 4.98 Å². The van der Waals surface area contributed by atoms with Crippen LogP contribution in [0.3, 0.4) is 0 Å². The van der Waals surface area contributed by atoms with Gasteiger partial charge in [-0.15, -0.1) is 11.3 Å². The van der Waals surface area contributed by atoms with E-state index in [1.165, 1.54) is 11.3 Å². The molecule has 1 fully saturated rings. The molecule has 0 spiro atoms. The van der Waals surface area contributed by atoms with Crippen LogP contribution in [0.2, 0.25) is 0 Å². The minimum atomic E-state index is 0.0411. The fourth-order valence-electron chi connectivity index (χ4n) is 3.30. The Kier molecular flexibility index (Phi) is 3.93. The number of thiazole rings is 1. The number of hydrogen-bond acceptors (Lipinski definition) is 5. The van der Waals surface area contributed by atoms with Crippen LogP contribution in [0.4, 0.5) is 5.82 Å². The molecule has 7 heteroatoms. The van der Waals surface area contributed by atoms with Crippen LogP contribution in [0.1, 0.15) is 34.9 Å². The van der Waals surface area contributed by atoms with Gasteiger partial charge in [0.2, 0.25) is 0 Å². The highest BCUT2D eigenvalue weighted by atomic mass is 32.1. The fraction of sp³-hybridized carbons (Fsp3) is 0.353. The van der Waals surface area contributed by atoms with Gasteiger partial charge in [-0.25, -0.2) is 9.97 Å². The first-order valence-corrected chi connectivity index (χ1v) is 9.03. The molecule has 0 aromatic carbocycles. The van der Waals surface area contributed by atoms with Crippen molar-refractivity contribution in [2.24, 2.45) is 0 Å². The minimum absolute atomic E-state index is 0.0411. The van der Waals surface area contributed by atoms with Crippen LogP contribution in [0, 0.1) is 0 Å². The molecule has 1 saturated heterocycles. The number of hydrogen-bond donors (Lipinski definition) is 1. The number of piperidine rings is 1. The number of nitrogens with zero attached hydrogens (tertiary/aromatic N) is 4. The molecule has 124 valence electrons. The van der Waals surface area contributed by atoms with Gasteiger partial charge in [0.25, 0.3) is 5.91 Å². The number of amides is 1. The fourth-order valence-corrected chi connectivity index (χ4v) is 3.83. The first-order valence-electron chi connectivity index (χ1n) is 8.09. The summed E-state index contributed by atoms with van der Waals surface area (Å²) in [7, 11) is 1.90. The highest BCUT2D eigenvalue weighted by Gasteiger charge is 2.26. The normalized spacial score (nSPS) is 15.8. The Labute approximate surface area is 144 Å². The number of likely N-dealkylation sites (tertiary alicyclic amines) is 1. The summed E-state index contributed by atoms with van der Waals surface area (Å²) in [5, 5.41) is 4.99. The topological polar surface area (TPSA) is 62.5 Å². The highest BCUT2D eigenvalue weighted by molar-refractivity contribution is 7.07. The van der Waals surface area contributed by atoms with Gasteiger partial charge < -0.3 is 14.6 Å². The average Bonchev–Trinajstić information content (AvgIpc) is 3.31. The van der Waals surface area contributed by atoms with Crippen molar-refractivity contribution in [3.8, 4) is 0 Å². The number of carbonyl (C=O) groups excluding carboxylic acids is 1. The second kappa shape index (κ2) is 6.24. The summed E-state index contributed by atoms with van der Waals surface area (Å²) in [5.41, 5.74) is 4.43. The van der Waals surface area contributed by atoms with E-state index in [1.807, 2.05) is 29.6 Å². The molecule has 1 amide bonds. The summed E-state index contributed by atoms with van der Waals surface area (Å²) >= 11 is 1.46. The van der Waals surface area contributed by atoms with Gasteiger partial charge in [-0.1, -0.05) is 0 Å². The van der Waals surface area contributed by atoms with Gasteiger partial charge in [0.05, 0.1) is 16.7 Å². The molecule has 4 rings (SSSR count).